The molecule has 0 N–H and O–H groups in total. The Hall–Kier alpha value is -0.210. The van der Waals surface area contributed by atoms with Crippen molar-refractivity contribution in [1.82, 2.24) is 0 Å². The van der Waals surface area contributed by atoms with E-state index in [4.69, 9.17) is 19.1 Å². The van der Waals surface area contributed by atoms with Crippen molar-refractivity contribution in [2.45, 2.75) is 13.3 Å². The minimum absolute atomic E-state index is 0.277. The fraction of sp³-hybridized carbons (Fsp3) is 0.333. The van der Waals surface area contributed by atoms with Crippen molar-refractivity contribution in [1.29, 1.82) is 0 Å². The predicted octanol–water partition coefficient (Wildman–Crippen LogP) is 3.89. The summed E-state index contributed by atoms with van der Waals surface area (Å²) < 4.78 is 20.8. The Morgan fingerprint density at radius 1 is 1.67 bits per heavy atom. The number of hydrogen-bond donors (Lipinski definition) is 0. The molecule has 0 aromatic heterocycles. The van der Waals surface area contributed by atoms with Crippen LogP contribution in [0.5, 0.6) is 5.75 Å². The molecule has 1 rings (SSSR count). The molecule has 1 nitrogen and oxygen atoms in total. The lowest BCUT2D eigenvalue weighted by Crippen LogP contribution is -1.95. The normalized spacial score (nSPS) is 13.6. The monoisotopic (exact) mass is 250 g/mol. The van der Waals surface area contributed by atoms with Gasteiger partial charge >= 0.3 is 0 Å². The van der Waals surface area contributed by atoms with Crippen molar-refractivity contribution >= 4 is 27.5 Å². The van der Waals surface area contributed by atoms with E-state index in [0.29, 0.717) is 10.8 Å². The molecule has 0 atom stereocenters. The first-order chi connectivity index (χ1) is 6.44. The fourth-order valence-electron chi connectivity index (χ4n) is 0.708. The summed E-state index contributed by atoms with van der Waals surface area (Å²) in [5, 5.41) is 0.400. The van der Waals surface area contributed by atoms with Crippen molar-refractivity contribution in [3.8, 4) is 5.75 Å². The SMILES string of the molecule is [2H]C([2H])(CC)Oc1ccc(Br)cc1Cl. The Kier molecular flexibility index (Phi) is 2.84. The lowest BCUT2D eigenvalue weighted by molar-refractivity contribution is 0.317. The number of ether oxygens (including phenoxy) is 1. The molecular weight excluding hydrogens is 239 g/mol. The van der Waals surface area contributed by atoms with E-state index in [1.807, 2.05) is 0 Å². The molecular formula is C9H10BrClO. The molecule has 0 aliphatic rings. The minimum Gasteiger partial charge on any atom is -0.492 e. The molecule has 0 aliphatic carbocycles. The van der Waals surface area contributed by atoms with Gasteiger partial charge in [-0.05, 0) is 24.6 Å². The van der Waals surface area contributed by atoms with E-state index < -0.39 is 6.56 Å². The Labute approximate surface area is 88.6 Å². The minimum atomic E-state index is -1.67. The molecule has 0 saturated heterocycles. The highest BCUT2D eigenvalue weighted by Gasteiger charge is 2.00. The summed E-state index contributed by atoms with van der Waals surface area (Å²) in [6.45, 7) is 0.0459. The molecule has 0 radical (unpaired) electrons. The molecule has 12 heavy (non-hydrogen) atoms. The van der Waals surface area contributed by atoms with Gasteiger partial charge in [-0.1, -0.05) is 34.5 Å². The topological polar surface area (TPSA) is 9.23 Å². The van der Waals surface area contributed by atoms with Crippen LogP contribution in [0.4, 0.5) is 0 Å². The highest BCUT2D eigenvalue weighted by Crippen LogP contribution is 2.27. The molecule has 0 unspecified atom stereocenters. The standard InChI is InChI=1S/C9H10BrClO/c1-2-5-12-9-4-3-7(10)6-8(9)11/h3-4,6H,2,5H2,1H3/i5D2. The molecule has 0 saturated carbocycles. The van der Waals surface area contributed by atoms with Gasteiger partial charge in [0, 0.05) is 4.47 Å². The van der Waals surface area contributed by atoms with Gasteiger partial charge in [0.15, 0.2) is 0 Å². The second-order valence-corrected chi connectivity index (χ2v) is 3.50. The summed E-state index contributed by atoms with van der Waals surface area (Å²) in [6.07, 6.45) is 0.277. The summed E-state index contributed by atoms with van der Waals surface area (Å²) in [5.41, 5.74) is 0. The quantitative estimate of drug-likeness (QED) is 0.792. The molecule has 0 aliphatic heterocycles. The van der Waals surface area contributed by atoms with Crippen molar-refractivity contribution < 1.29 is 7.48 Å². The average molecular weight is 252 g/mol. The Morgan fingerprint density at radius 2 is 2.42 bits per heavy atom. The zero-order chi connectivity index (χ0) is 10.8. The van der Waals surface area contributed by atoms with Crippen LogP contribution >= 0.6 is 27.5 Å². The first-order valence-corrected chi connectivity index (χ1v) is 4.76. The number of hydrogen-bond acceptors (Lipinski definition) is 1. The third kappa shape index (κ3) is 2.68. The van der Waals surface area contributed by atoms with E-state index in [2.05, 4.69) is 15.9 Å². The number of halogens is 2. The number of benzene rings is 1. The van der Waals surface area contributed by atoms with Crippen LogP contribution in [0.25, 0.3) is 0 Å². The van der Waals surface area contributed by atoms with Crippen molar-refractivity contribution in [3.05, 3.63) is 27.7 Å². The maximum Gasteiger partial charge on any atom is 0.137 e. The van der Waals surface area contributed by atoms with E-state index in [9.17, 15) is 0 Å². The summed E-state index contributed by atoms with van der Waals surface area (Å²) >= 11 is 9.13. The van der Waals surface area contributed by atoms with Gasteiger partial charge in [0.2, 0.25) is 0 Å². The smallest absolute Gasteiger partial charge is 0.137 e. The van der Waals surface area contributed by atoms with Crippen LogP contribution in [0.2, 0.25) is 5.02 Å². The van der Waals surface area contributed by atoms with Gasteiger partial charge < -0.3 is 4.74 Å². The van der Waals surface area contributed by atoms with Gasteiger partial charge in [-0.15, -0.1) is 0 Å². The van der Waals surface area contributed by atoms with Crippen LogP contribution in [0.15, 0.2) is 22.7 Å². The average Bonchev–Trinajstić information content (AvgIpc) is 2.10. The van der Waals surface area contributed by atoms with Gasteiger partial charge in [-0.3, -0.25) is 0 Å². The van der Waals surface area contributed by atoms with Gasteiger partial charge in [-0.25, -0.2) is 0 Å². The fourth-order valence-corrected chi connectivity index (χ4v) is 1.42. The van der Waals surface area contributed by atoms with E-state index in [1.54, 1.807) is 25.1 Å². The number of rotatable bonds is 3. The molecule has 1 aromatic carbocycles. The van der Waals surface area contributed by atoms with E-state index in [1.165, 1.54) is 0 Å². The molecule has 0 fully saturated rings. The van der Waals surface area contributed by atoms with E-state index in [0.717, 1.165) is 4.47 Å². The second kappa shape index (κ2) is 4.73. The van der Waals surface area contributed by atoms with Crippen LogP contribution in [-0.4, -0.2) is 6.56 Å². The predicted molar refractivity (Wildman–Crippen MR) is 54.9 cm³/mol. The molecule has 3 heteroatoms. The molecule has 0 spiro atoms. The second-order valence-electron chi connectivity index (χ2n) is 2.17. The van der Waals surface area contributed by atoms with Crippen LogP contribution < -0.4 is 4.74 Å². The molecule has 0 amide bonds. The maximum atomic E-state index is 7.44. The molecule has 0 bridgehead atoms. The summed E-state index contributed by atoms with van der Waals surface area (Å²) in [4.78, 5) is 0. The van der Waals surface area contributed by atoms with Crippen LogP contribution in [0, 0.1) is 0 Å². The van der Waals surface area contributed by atoms with Crippen LogP contribution in [0.3, 0.4) is 0 Å². The van der Waals surface area contributed by atoms with Crippen LogP contribution in [0.1, 0.15) is 16.1 Å². The summed E-state index contributed by atoms with van der Waals surface area (Å²) in [5.74, 6) is 0.363. The lowest BCUT2D eigenvalue weighted by Gasteiger charge is -2.05. The third-order valence-corrected chi connectivity index (χ3v) is 2.01. The van der Waals surface area contributed by atoms with Crippen molar-refractivity contribution in [2.75, 3.05) is 6.56 Å². The Bertz CT molecular complexity index is 331. The van der Waals surface area contributed by atoms with E-state index >= 15 is 0 Å². The van der Waals surface area contributed by atoms with E-state index in [-0.39, 0.29) is 6.42 Å². The van der Waals surface area contributed by atoms with Crippen molar-refractivity contribution in [3.63, 3.8) is 0 Å². The van der Waals surface area contributed by atoms with Gasteiger partial charge in [0.1, 0.15) is 5.75 Å². The largest absolute Gasteiger partial charge is 0.492 e. The molecule has 66 valence electrons. The molecule has 1 aromatic rings. The lowest BCUT2D eigenvalue weighted by atomic mass is 10.3. The van der Waals surface area contributed by atoms with Gasteiger partial charge in [-0.2, -0.15) is 0 Å². The van der Waals surface area contributed by atoms with Gasteiger partial charge in [0.05, 0.1) is 14.3 Å². The first kappa shape index (κ1) is 7.22. The zero-order valence-corrected chi connectivity index (χ0v) is 8.95. The highest BCUT2D eigenvalue weighted by molar-refractivity contribution is 9.10. The summed E-state index contributed by atoms with van der Waals surface area (Å²) in [6, 6.07) is 5.06. The van der Waals surface area contributed by atoms with Crippen molar-refractivity contribution in [2.24, 2.45) is 0 Å². The third-order valence-electron chi connectivity index (χ3n) is 1.22. The Morgan fingerprint density at radius 3 is 3.00 bits per heavy atom. The maximum absolute atomic E-state index is 7.44. The van der Waals surface area contributed by atoms with Crippen LogP contribution in [-0.2, 0) is 0 Å². The van der Waals surface area contributed by atoms with Gasteiger partial charge in [0.25, 0.3) is 0 Å². The Balaban J connectivity index is 2.87. The molecule has 0 heterocycles. The zero-order valence-electron chi connectivity index (χ0n) is 8.60. The first-order valence-electron chi connectivity index (χ1n) is 4.58. The highest BCUT2D eigenvalue weighted by atomic mass is 79.9. The summed E-state index contributed by atoms with van der Waals surface area (Å²) in [7, 11) is 0.